The fourth-order valence-electron chi connectivity index (χ4n) is 3.41. The number of pyridine rings is 1. The number of aryl methyl sites for hydroxylation is 1. The molecule has 0 atom stereocenters. The van der Waals surface area contributed by atoms with Crippen molar-refractivity contribution in [2.45, 2.75) is 52.4 Å². The van der Waals surface area contributed by atoms with Crippen LogP contribution in [0.1, 0.15) is 72.2 Å². The molecule has 172 valence electrons. The fraction of sp³-hybridized carbons (Fsp3) is 0.321. The van der Waals surface area contributed by atoms with Gasteiger partial charge in [0.15, 0.2) is 0 Å². The minimum absolute atomic E-state index is 0.365. The van der Waals surface area contributed by atoms with Crippen LogP contribution in [0.3, 0.4) is 0 Å². The van der Waals surface area contributed by atoms with Crippen molar-refractivity contribution in [3.63, 3.8) is 0 Å². The zero-order chi connectivity index (χ0) is 23.5. The van der Waals surface area contributed by atoms with Gasteiger partial charge in [-0.25, -0.2) is 9.59 Å². The Bertz CT molecular complexity index is 1030. The van der Waals surface area contributed by atoms with Crippen molar-refractivity contribution in [1.82, 2.24) is 4.98 Å². The number of carbonyl (C=O) groups is 2. The molecular weight excluding hydrogens is 414 g/mol. The molecule has 5 nitrogen and oxygen atoms in total. The van der Waals surface area contributed by atoms with E-state index >= 15 is 0 Å². The predicted molar refractivity (Wildman–Crippen MR) is 129 cm³/mol. The van der Waals surface area contributed by atoms with E-state index in [0.717, 1.165) is 49.8 Å². The third-order valence-corrected chi connectivity index (χ3v) is 5.31. The quantitative estimate of drug-likeness (QED) is 0.188. The number of rotatable bonds is 11. The van der Waals surface area contributed by atoms with Crippen molar-refractivity contribution in [2.24, 2.45) is 0 Å². The van der Waals surface area contributed by atoms with Crippen molar-refractivity contribution < 1.29 is 19.1 Å². The molecule has 0 unspecified atom stereocenters. The summed E-state index contributed by atoms with van der Waals surface area (Å²) in [7, 11) is 0. The third-order valence-electron chi connectivity index (χ3n) is 5.31. The minimum Gasteiger partial charge on any atom is -0.462 e. The highest BCUT2D eigenvalue weighted by molar-refractivity contribution is 5.92. The highest BCUT2D eigenvalue weighted by atomic mass is 16.5. The Labute approximate surface area is 195 Å². The van der Waals surface area contributed by atoms with Crippen LogP contribution in [0.25, 0.3) is 11.3 Å². The van der Waals surface area contributed by atoms with E-state index in [1.807, 2.05) is 24.4 Å². The molecular formula is C28H31NO4. The molecule has 0 N–H and O–H groups in total. The van der Waals surface area contributed by atoms with Crippen molar-refractivity contribution in [1.29, 1.82) is 0 Å². The van der Waals surface area contributed by atoms with Crippen LogP contribution in [-0.4, -0.2) is 23.5 Å². The maximum atomic E-state index is 12.5. The summed E-state index contributed by atoms with van der Waals surface area (Å²) in [6, 6.07) is 17.7. The minimum atomic E-state index is -0.459. The Morgan fingerprint density at radius 2 is 1.45 bits per heavy atom. The lowest BCUT2D eigenvalue weighted by molar-refractivity contribution is 0.0497. The summed E-state index contributed by atoms with van der Waals surface area (Å²) >= 11 is 0. The number of nitrogens with zero attached hydrogens (tertiary/aromatic N) is 1. The van der Waals surface area contributed by atoms with Gasteiger partial charge in [-0.3, -0.25) is 4.98 Å². The van der Waals surface area contributed by atoms with Crippen LogP contribution in [0.5, 0.6) is 5.75 Å². The number of ether oxygens (including phenoxy) is 2. The van der Waals surface area contributed by atoms with Crippen molar-refractivity contribution in [3.05, 3.63) is 83.6 Å². The first-order chi connectivity index (χ1) is 16.1. The Balaban J connectivity index is 1.53. The topological polar surface area (TPSA) is 65.5 Å². The molecule has 3 aromatic rings. The maximum Gasteiger partial charge on any atom is 0.343 e. The van der Waals surface area contributed by atoms with E-state index in [2.05, 4.69) is 24.9 Å². The van der Waals surface area contributed by atoms with Crippen LogP contribution >= 0.6 is 0 Å². The lowest BCUT2D eigenvalue weighted by atomic mass is 10.1. The van der Waals surface area contributed by atoms with Crippen LogP contribution in [0.4, 0.5) is 0 Å². The van der Waals surface area contributed by atoms with Gasteiger partial charge in [0.05, 0.1) is 23.4 Å². The summed E-state index contributed by atoms with van der Waals surface area (Å²) in [5.41, 5.74) is 3.89. The van der Waals surface area contributed by atoms with E-state index in [1.165, 1.54) is 5.56 Å². The Kier molecular flexibility index (Phi) is 9.19. The molecule has 0 bridgehead atoms. The predicted octanol–water partition coefficient (Wildman–Crippen LogP) is 6.66. The molecule has 0 spiro atoms. The summed E-state index contributed by atoms with van der Waals surface area (Å²) in [5, 5.41) is 0. The third kappa shape index (κ3) is 7.28. The normalized spacial score (nSPS) is 10.6. The summed E-state index contributed by atoms with van der Waals surface area (Å²) in [6.45, 7) is 4.70. The first-order valence-corrected chi connectivity index (χ1v) is 11.7. The van der Waals surface area contributed by atoms with E-state index in [1.54, 1.807) is 36.4 Å². The number of aromatic nitrogens is 1. The van der Waals surface area contributed by atoms with Crippen molar-refractivity contribution in [2.75, 3.05) is 6.61 Å². The van der Waals surface area contributed by atoms with Gasteiger partial charge in [-0.2, -0.15) is 0 Å². The molecule has 0 amide bonds. The van der Waals surface area contributed by atoms with Gasteiger partial charge >= 0.3 is 11.9 Å². The van der Waals surface area contributed by atoms with Crippen LogP contribution < -0.4 is 4.74 Å². The molecule has 0 aliphatic rings. The summed E-state index contributed by atoms with van der Waals surface area (Å²) < 4.78 is 10.7. The number of hydrogen-bond donors (Lipinski definition) is 0. The number of unbranched alkanes of at least 4 members (excludes halogenated alkanes) is 3. The Morgan fingerprint density at radius 3 is 2.09 bits per heavy atom. The van der Waals surface area contributed by atoms with Crippen LogP contribution in [0.15, 0.2) is 66.9 Å². The fourth-order valence-corrected chi connectivity index (χ4v) is 3.41. The van der Waals surface area contributed by atoms with Gasteiger partial charge in [0, 0.05) is 11.8 Å². The molecule has 1 aromatic heterocycles. The zero-order valence-corrected chi connectivity index (χ0v) is 19.4. The molecule has 0 aliphatic heterocycles. The van der Waals surface area contributed by atoms with E-state index in [0.29, 0.717) is 23.5 Å². The largest absolute Gasteiger partial charge is 0.462 e. The highest BCUT2D eigenvalue weighted by Crippen LogP contribution is 2.20. The summed E-state index contributed by atoms with van der Waals surface area (Å²) in [4.78, 5) is 29.1. The van der Waals surface area contributed by atoms with Crippen molar-refractivity contribution in [3.8, 4) is 17.0 Å². The molecule has 1 heterocycles. The first kappa shape index (κ1) is 24.2. The standard InChI is InChI=1S/C28H31NO4/c1-3-5-6-7-19-32-27(30)23-14-16-25(17-15-23)33-28(31)24-12-10-22(11-13-24)26-18-9-21(8-4-2)20-29-26/h9-18,20H,3-8,19H2,1-2H3. The zero-order valence-electron chi connectivity index (χ0n) is 19.4. The lowest BCUT2D eigenvalue weighted by Crippen LogP contribution is -2.09. The van der Waals surface area contributed by atoms with Gasteiger partial charge in [0.1, 0.15) is 5.75 Å². The average molecular weight is 446 g/mol. The van der Waals surface area contributed by atoms with E-state index in [4.69, 9.17) is 9.47 Å². The molecule has 0 radical (unpaired) electrons. The van der Waals surface area contributed by atoms with Gasteiger partial charge in [0.2, 0.25) is 0 Å². The lowest BCUT2D eigenvalue weighted by Gasteiger charge is -2.08. The smallest absolute Gasteiger partial charge is 0.343 e. The monoisotopic (exact) mass is 445 g/mol. The Morgan fingerprint density at radius 1 is 0.758 bits per heavy atom. The van der Waals surface area contributed by atoms with E-state index in [9.17, 15) is 9.59 Å². The van der Waals surface area contributed by atoms with Crippen LogP contribution in [0.2, 0.25) is 0 Å². The molecule has 0 fully saturated rings. The number of benzene rings is 2. The maximum absolute atomic E-state index is 12.5. The summed E-state index contributed by atoms with van der Waals surface area (Å²) in [6.07, 6.45) is 8.21. The average Bonchev–Trinajstić information content (AvgIpc) is 2.85. The second kappa shape index (κ2) is 12.5. The summed E-state index contributed by atoms with van der Waals surface area (Å²) in [5.74, 6) is -0.452. The Hall–Kier alpha value is -3.47. The molecule has 3 rings (SSSR count). The van der Waals surface area contributed by atoms with Gasteiger partial charge in [-0.1, -0.05) is 57.7 Å². The molecule has 0 saturated heterocycles. The second-order valence-electron chi connectivity index (χ2n) is 7.99. The molecule has 0 saturated carbocycles. The van der Waals surface area contributed by atoms with Gasteiger partial charge in [-0.15, -0.1) is 0 Å². The van der Waals surface area contributed by atoms with Gasteiger partial charge in [0.25, 0.3) is 0 Å². The molecule has 0 aliphatic carbocycles. The van der Waals surface area contributed by atoms with Crippen LogP contribution in [0, 0.1) is 0 Å². The van der Waals surface area contributed by atoms with Crippen molar-refractivity contribution >= 4 is 11.9 Å². The molecule has 5 heteroatoms. The first-order valence-electron chi connectivity index (χ1n) is 11.7. The van der Waals surface area contributed by atoms with Gasteiger partial charge in [-0.05, 0) is 60.9 Å². The van der Waals surface area contributed by atoms with E-state index < -0.39 is 5.97 Å². The number of carbonyl (C=O) groups excluding carboxylic acids is 2. The van der Waals surface area contributed by atoms with Crippen LogP contribution in [-0.2, 0) is 11.2 Å². The molecule has 33 heavy (non-hydrogen) atoms. The SMILES string of the molecule is CCCCCCOC(=O)c1ccc(OC(=O)c2ccc(-c3ccc(CCC)cn3)cc2)cc1. The molecule has 2 aromatic carbocycles. The number of esters is 2. The number of hydrogen-bond acceptors (Lipinski definition) is 5. The van der Waals surface area contributed by atoms with E-state index in [-0.39, 0.29) is 5.97 Å². The second-order valence-corrected chi connectivity index (χ2v) is 7.99. The highest BCUT2D eigenvalue weighted by Gasteiger charge is 2.11. The van der Waals surface area contributed by atoms with Gasteiger partial charge < -0.3 is 9.47 Å².